The number of hydrogen-bond donors (Lipinski definition) is 0. The molecule has 0 bridgehead atoms. The average molecular weight is 238 g/mol. The van der Waals surface area contributed by atoms with Crippen molar-refractivity contribution in [3.63, 3.8) is 0 Å². The zero-order valence-corrected chi connectivity index (χ0v) is 9.75. The molecule has 0 atom stereocenters. The van der Waals surface area contributed by atoms with E-state index in [2.05, 4.69) is 6.58 Å². The largest absolute Gasteiger partial charge is 0.482 e. The van der Waals surface area contributed by atoms with Gasteiger partial charge in [0.05, 0.1) is 5.69 Å². The van der Waals surface area contributed by atoms with Crippen molar-refractivity contribution >= 4 is 23.2 Å². The Morgan fingerprint density at radius 1 is 1.62 bits per heavy atom. The van der Waals surface area contributed by atoms with Gasteiger partial charge in [0.25, 0.3) is 5.91 Å². The van der Waals surface area contributed by atoms with Crippen LogP contribution in [-0.2, 0) is 4.79 Å². The predicted octanol–water partition coefficient (Wildman–Crippen LogP) is 2.56. The molecule has 1 aliphatic rings. The van der Waals surface area contributed by atoms with Crippen molar-refractivity contribution in [3.8, 4) is 5.75 Å². The number of carbonyl (C=O) groups is 1. The molecule has 0 unspecified atom stereocenters. The average Bonchev–Trinajstić information content (AvgIpc) is 2.25. The van der Waals surface area contributed by atoms with E-state index in [1.54, 1.807) is 17.0 Å². The van der Waals surface area contributed by atoms with Gasteiger partial charge in [-0.1, -0.05) is 17.7 Å². The lowest BCUT2D eigenvalue weighted by molar-refractivity contribution is -0.121. The molecule has 0 fully saturated rings. The van der Waals surface area contributed by atoms with Crippen LogP contribution in [-0.4, -0.2) is 19.1 Å². The smallest absolute Gasteiger partial charge is 0.265 e. The molecule has 1 aromatic rings. The van der Waals surface area contributed by atoms with E-state index >= 15 is 0 Å². The second-order valence-corrected chi connectivity index (χ2v) is 4.06. The van der Waals surface area contributed by atoms with E-state index in [1.807, 2.05) is 13.0 Å². The van der Waals surface area contributed by atoms with Crippen molar-refractivity contribution < 1.29 is 9.53 Å². The number of anilines is 1. The topological polar surface area (TPSA) is 29.5 Å². The predicted molar refractivity (Wildman–Crippen MR) is 64.2 cm³/mol. The van der Waals surface area contributed by atoms with Gasteiger partial charge in [-0.3, -0.25) is 4.79 Å². The van der Waals surface area contributed by atoms with Crippen molar-refractivity contribution in [1.82, 2.24) is 0 Å². The van der Waals surface area contributed by atoms with Crippen LogP contribution in [0.15, 0.2) is 24.8 Å². The minimum absolute atomic E-state index is 0.0558. The molecule has 16 heavy (non-hydrogen) atoms. The minimum Gasteiger partial charge on any atom is -0.482 e. The highest BCUT2D eigenvalue weighted by molar-refractivity contribution is 6.31. The van der Waals surface area contributed by atoms with E-state index < -0.39 is 0 Å². The van der Waals surface area contributed by atoms with Gasteiger partial charge in [0.1, 0.15) is 5.75 Å². The molecule has 0 aliphatic carbocycles. The fraction of sp³-hybridized carbons (Fsp3) is 0.250. The van der Waals surface area contributed by atoms with Crippen LogP contribution in [0.5, 0.6) is 5.75 Å². The number of ether oxygens (including phenoxy) is 1. The number of benzene rings is 1. The van der Waals surface area contributed by atoms with Gasteiger partial charge < -0.3 is 9.64 Å². The zero-order chi connectivity index (χ0) is 11.7. The standard InChI is InChI=1S/C12H12ClNO2/c1-3-4-14-10-5-8(2)9(13)6-11(10)16-7-12(14)15/h3,5-6H,1,4,7H2,2H3. The summed E-state index contributed by atoms with van der Waals surface area (Å²) in [4.78, 5) is 13.3. The summed E-state index contributed by atoms with van der Waals surface area (Å²) in [6.45, 7) is 6.08. The number of amides is 1. The lowest BCUT2D eigenvalue weighted by atomic mass is 10.1. The Balaban J connectivity index is 2.50. The summed E-state index contributed by atoms with van der Waals surface area (Å²) in [5.74, 6) is 0.589. The van der Waals surface area contributed by atoms with Crippen LogP contribution in [0.4, 0.5) is 5.69 Å². The van der Waals surface area contributed by atoms with Gasteiger partial charge in [0, 0.05) is 17.6 Å². The SMILES string of the molecule is C=CCN1C(=O)COc2cc(Cl)c(C)cc21. The highest BCUT2D eigenvalue weighted by Crippen LogP contribution is 2.36. The zero-order valence-electron chi connectivity index (χ0n) is 9.00. The molecule has 84 valence electrons. The summed E-state index contributed by atoms with van der Waals surface area (Å²) >= 11 is 6.00. The second-order valence-electron chi connectivity index (χ2n) is 3.65. The van der Waals surface area contributed by atoms with Crippen LogP contribution in [0.1, 0.15) is 5.56 Å². The first kappa shape index (κ1) is 11.0. The van der Waals surface area contributed by atoms with Gasteiger partial charge in [-0.05, 0) is 18.6 Å². The van der Waals surface area contributed by atoms with E-state index in [0.717, 1.165) is 11.3 Å². The van der Waals surface area contributed by atoms with Gasteiger partial charge in [0.2, 0.25) is 0 Å². The van der Waals surface area contributed by atoms with Gasteiger partial charge >= 0.3 is 0 Å². The summed E-state index contributed by atoms with van der Waals surface area (Å²) in [6, 6.07) is 3.60. The highest BCUT2D eigenvalue weighted by Gasteiger charge is 2.25. The Hall–Kier alpha value is -1.48. The van der Waals surface area contributed by atoms with E-state index in [0.29, 0.717) is 17.3 Å². The van der Waals surface area contributed by atoms with E-state index in [-0.39, 0.29) is 12.5 Å². The van der Waals surface area contributed by atoms with E-state index in [4.69, 9.17) is 16.3 Å². The molecular weight excluding hydrogens is 226 g/mol. The normalized spacial score (nSPS) is 14.4. The van der Waals surface area contributed by atoms with Crippen LogP contribution in [0.25, 0.3) is 0 Å². The van der Waals surface area contributed by atoms with Crippen LogP contribution >= 0.6 is 11.6 Å². The highest BCUT2D eigenvalue weighted by atomic mass is 35.5. The Morgan fingerprint density at radius 3 is 3.06 bits per heavy atom. The molecule has 1 aromatic carbocycles. The molecule has 0 radical (unpaired) electrons. The maximum Gasteiger partial charge on any atom is 0.265 e. The van der Waals surface area contributed by atoms with E-state index in [9.17, 15) is 4.79 Å². The molecule has 0 aromatic heterocycles. The lowest BCUT2D eigenvalue weighted by Gasteiger charge is -2.29. The number of rotatable bonds is 2. The summed E-state index contributed by atoms with van der Waals surface area (Å²) in [7, 11) is 0. The monoisotopic (exact) mass is 237 g/mol. The number of halogens is 1. The van der Waals surface area contributed by atoms with Crippen molar-refractivity contribution in [3.05, 3.63) is 35.4 Å². The molecular formula is C12H12ClNO2. The molecule has 3 nitrogen and oxygen atoms in total. The number of aryl methyl sites for hydroxylation is 1. The van der Waals surface area contributed by atoms with Crippen molar-refractivity contribution in [2.75, 3.05) is 18.1 Å². The number of carbonyl (C=O) groups excluding carboxylic acids is 1. The molecule has 1 amide bonds. The summed E-state index contributed by atoms with van der Waals surface area (Å²) < 4.78 is 5.34. The molecule has 4 heteroatoms. The molecule has 1 heterocycles. The Morgan fingerprint density at radius 2 is 2.38 bits per heavy atom. The van der Waals surface area contributed by atoms with Crippen LogP contribution < -0.4 is 9.64 Å². The van der Waals surface area contributed by atoms with Crippen LogP contribution in [0, 0.1) is 6.92 Å². The van der Waals surface area contributed by atoms with Crippen LogP contribution in [0.3, 0.4) is 0 Å². The maximum atomic E-state index is 11.7. The fourth-order valence-electron chi connectivity index (χ4n) is 1.66. The quantitative estimate of drug-likeness (QED) is 0.740. The Bertz CT molecular complexity index is 457. The van der Waals surface area contributed by atoms with Gasteiger partial charge in [0.15, 0.2) is 6.61 Å². The Labute approximate surface area is 99.3 Å². The first-order chi connectivity index (χ1) is 7.63. The molecule has 0 N–H and O–H groups in total. The second kappa shape index (κ2) is 4.18. The fourth-order valence-corrected chi connectivity index (χ4v) is 1.81. The summed E-state index contributed by atoms with van der Waals surface area (Å²) in [5.41, 5.74) is 1.69. The maximum absolute atomic E-state index is 11.7. The van der Waals surface area contributed by atoms with Gasteiger partial charge in [-0.15, -0.1) is 6.58 Å². The van der Waals surface area contributed by atoms with E-state index in [1.165, 1.54) is 0 Å². The van der Waals surface area contributed by atoms with Gasteiger partial charge in [-0.2, -0.15) is 0 Å². The molecule has 0 saturated carbocycles. The van der Waals surface area contributed by atoms with Crippen molar-refractivity contribution in [1.29, 1.82) is 0 Å². The lowest BCUT2D eigenvalue weighted by Crippen LogP contribution is -2.38. The number of nitrogens with zero attached hydrogens (tertiary/aromatic N) is 1. The molecule has 1 aliphatic heterocycles. The third kappa shape index (κ3) is 1.78. The van der Waals surface area contributed by atoms with Crippen LogP contribution in [0.2, 0.25) is 5.02 Å². The number of hydrogen-bond acceptors (Lipinski definition) is 2. The first-order valence-electron chi connectivity index (χ1n) is 4.97. The summed E-state index contributed by atoms with van der Waals surface area (Å²) in [5, 5.41) is 0.645. The molecule has 0 spiro atoms. The summed E-state index contributed by atoms with van der Waals surface area (Å²) in [6.07, 6.45) is 1.69. The minimum atomic E-state index is -0.0610. The first-order valence-corrected chi connectivity index (χ1v) is 5.35. The Kier molecular flexibility index (Phi) is 2.88. The van der Waals surface area contributed by atoms with Gasteiger partial charge in [-0.25, -0.2) is 0 Å². The molecule has 2 rings (SSSR count). The number of fused-ring (bicyclic) bond motifs is 1. The third-order valence-corrected chi connectivity index (χ3v) is 2.90. The van der Waals surface area contributed by atoms with Crippen molar-refractivity contribution in [2.45, 2.75) is 6.92 Å². The third-order valence-electron chi connectivity index (χ3n) is 2.49. The van der Waals surface area contributed by atoms with Crippen molar-refractivity contribution in [2.24, 2.45) is 0 Å². The molecule has 0 saturated heterocycles.